The van der Waals surface area contributed by atoms with E-state index in [1.54, 1.807) is 0 Å². The smallest absolute Gasteiger partial charge is 0.235 e. The second-order valence-corrected chi connectivity index (χ2v) is 17.4. The maximum Gasteiger partial charge on any atom is 0.235 e. The second-order valence-electron chi connectivity index (χ2n) is 17.4. The van der Waals surface area contributed by atoms with Crippen LogP contribution < -0.4 is 0 Å². The van der Waals surface area contributed by atoms with Gasteiger partial charge in [-0.05, 0) is 105 Å². The summed E-state index contributed by atoms with van der Waals surface area (Å²) >= 11 is 0. The highest BCUT2D eigenvalue weighted by Gasteiger charge is 2.35. The molecule has 4 nitrogen and oxygen atoms in total. The molecule has 0 N–H and O–H groups in total. The minimum Gasteiger partial charge on any atom is -0.309 e. The largest absolute Gasteiger partial charge is 0.309 e. The number of para-hydroxylation sites is 4. The summed E-state index contributed by atoms with van der Waals surface area (Å²) in [6.07, 6.45) is 0. The van der Waals surface area contributed by atoms with Crippen LogP contribution in [0.2, 0.25) is 0 Å². The number of aromatic nitrogens is 4. The summed E-state index contributed by atoms with van der Waals surface area (Å²) in [6.45, 7) is 4.66. The van der Waals surface area contributed by atoms with E-state index in [0.29, 0.717) is 5.95 Å². The van der Waals surface area contributed by atoms with Gasteiger partial charge in [0.1, 0.15) is 0 Å². The van der Waals surface area contributed by atoms with Crippen molar-refractivity contribution < 1.29 is 0 Å². The van der Waals surface area contributed by atoms with Gasteiger partial charge < -0.3 is 4.57 Å². The van der Waals surface area contributed by atoms with Gasteiger partial charge >= 0.3 is 0 Å². The highest BCUT2D eigenvalue weighted by atomic mass is 15.2. The van der Waals surface area contributed by atoms with Crippen LogP contribution in [-0.4, -0.2) is 19.1 Å². The zero-order valence-electron chi connectivity index (χ0n) is 34.9. The lowest BCUT2D eigenvalue weighted by Crippen LogP contribution is -2.15. The van der Waals surface area contributed by atoms with Crippen molar-refractivity contribution in [1.29, 1.82) is 0 Å². The third-order valence-electron chi connectivity index (χ3n) is 13.6. The molecule has 0 saturated heterocycles. The molecule has 0 atom stereocenters. The minimum atomic E-state index is -0.113. The summed E-state index contributed by atoms with van der Waals surface area (Å²) in [5.41, 5.74) is 18.6. The average molecular weight is 805 g/mol. The van der Waals surface area contributed by atoms with Crippen LogP contribution in [0.3, 0.4) is 0 Å². The number of hydrogen-bond acceptors (Lipinski definition) is 2. The Morgan fingerprint density at radius 1 is 0.349 bits per heavy atom. The molecule has 0 fully saturated rings. The van der Waals surface area contributed by atoms with E-state index < -0.39 is 0 Å². The van der Waals surface area contributed by atoms with E-state index >= 15 is 0 Å². The number of benzene rings is 9. The van der Waals surface area contributed by atoms with Gasteiger partial charge in [-0.15, -0.1) is 0 Å². The van der Waals surface area contributed by atoms with E-state index in [1.807, 2.05) is 0 Å². The van der Waals surface area contributed by atoms with Crippen LogP contribution >= 0.6 is 0 Å². The average Bonchev–Trinajstić information content (AvgIpc) is 3.94. The molecule has 0 spiro atoms. The van der Waals surface area contributed by atoms with Gasteiger partial charge in [0.05, 0.1) is 33.3 Å². The van der Waals surface area contributed by atoms with Crippen LogP contribution in [0.1, 0.15) is 25.0 Å². The van der Waals surface area contributed by atoms with Crippen LogP contribution in [-0.2, 0) is 5.41 Å². The zero-order valence-corrected chi connectivity index (χ0v) is 34.9. The number of fused-ring (bicyclic) bond motifs is 10. The Balaban J connectivity index is 0.900. The molecule has 12 aromatic rings. The van der Waals surface area contributed by atoms with Gasteiger partial charge in [0, 0.05) is 43.6 Å². The zero-order chi connectivity index (χ0) is 41.8. The third kappa shape index (κ3) is 5.34. The molecule has 1 aliphatic rings. The fraction of sp³-hybridized carbons (Fsp3) is 0.0508. The Hall–Kier alpha value is -8.08. The van der Waals surface area contributed by atoms with E-state index in [2.05, 4.69) is 229 Å². The molecule has 0 radical (unpaired) electrons. The van der Waals surface area contributed by atoms with Crippen molar-refractivity contribution in [2.24, 2.45) is 0 Å². The van der Waals surface area contributed by atoms with E-state index in [-0.39, 0.29) is 5.41 Å². The van der Waals surface area contributed by atoms with Crippen LogP contribution in [0.25, 0.3) is 111 Å². The molecule has 4 heteroatoms. The second kappa shape index (κ2) is 13.5. The molecule has 296 valence electrons. The highest BCUT2D eigenvalue weighted by molar-refractivity contribution is 6.12. The Morgan fingerprint density at radius 2 is 0.857 bits per heavy atom. The molecule has 13 rings (SSSR count). The van der Waals surface area contributed by atoms with E-state index in [9.17, 15) is 0 Å². The maximum atomic E-state index is 5.46. The SMILES string of the molecule is CC1(C)c2ccccc2-c2ccc(-c3nc(-n4c5ccccc5c5cc(-c6ccc(-c7ccc8c(c7)c7ccccc7n8-c7ccccc7)cc6)ccc54)nc4ccccc34)cc21. The van der Waals surface area contributed by atoms with Crippen molar-refractivity contribution in [3.05, 3.63) is 217 Å². The van der Waals surface area contributed by atoms with Crippen molar-refractivity contribution in [3.8, 4) is 56.3 Å². The molecule has 3 heterocycles. The lowest BCUT2D eigenvalue weighted by atomic mass is 9.82. The molecule has 0 amide bonds. The molecule has 3 aromatic heterocycles. The first-order valence-corrected chi connectivity index (χ1v) is 21.7. The van der Waals surface area contributed by atoms with Crippen molar-refractivity contribution in [1.82, 2.24) is 19.1 Å². The molecule has 0 aliphatic heterocycles. The van der Waals surface area contributed by atoms with Crippen molar-refractivity contribution >= 4 is 54.5 Å². The number of rotatable bonds is 5. The van der Waals surface area contributed by atoms with E-state index in [1.165, 1.54) is 82.8 Å². The van der Waals surface area contributed by atoms with Gasteiger partial charge in [0.15, 0.2) is 0 Å². The summed E-state index contributed by atoms with van der Waals surface area (Å²) in [5, 5.41) is 5.89. The lowest BCUT2D eigenvalue weighted by molar-refractivity contribution is 0.660. The molecule has 9 aromatic carbocycles. The first-order valence-electron chi connectivity index (χ1n) is 21.7. The summed E-state index contributed by atoms with van der Waals surface area (Å²) in [6, 6.07) is 74.7. The minimum absolute atomic E-state index is 0.113. The van der Waals surface area contributed by atoms with Gasteiger partial charge in [0.2, 0.25) is 5.95 Å². The lowest BCUT2D eigenvalue weighted by Gasteiger charge is -2.22. The predicted molar refractivity (Wildman–Crippen MR) is 262 cm³/mol. The summed E-state index contributed by atoms with van der Waals surface area (Å²) in [5.74, 6) is 0.666. The molecular weight excluding hydrogens is 765 g/mol. The highest BCUT2D eigenvalue weighted by Crippen LogP contribution is 2.50. The van der Waals surface area contributed by atoms with Crippen LogP contribution in [0.15, 0.2) is 206 Å². The maximum absolute atomic E-state index is 5.46. The van der Waals surface area contributed by atoms with E-state index in [0.717, 1.165) is 33.2 Å². The van der Waals surface area contributed by atoms with Crippen molar-refractivity contribution in [3.63, 3.8) is 0 Å². The summed E-state index contributed by atoms with van der Waals surface area (Å²) < 4.78 is 4.61. The normalized spacial score (nSPS) is 13.0. The number of nitrogens with zero attached hydrogens (tertiary/aromatic N) is 4. The molecule has 0 bridgehead atoms. The molecular formula is C59H40N4. The summed E-state index contributed by atoms with van der Waals surface area (Å²) in [4.78, 5) is 10.7. The van der Waals surface area contributed by atoms with Gasteiger partial charge in [-0.2, -0.15) is 0 Å². The Morgan fingerprint density at radius 3 is 1.56 bits per heavy atom. The van der Waals surface area contributed by atoms with Gasteiger partial charge in [-0.3, -0.25) is 4.57 Å². The van der Waals surface area contributed by atoms with E-state index in [4.69, 9.17) is 9.97 Å². The van der Waals surface area contributed by atoms with Gasteiger partial charge in [-0.1, -0.05) is 159 Å². The quantitative estimate of drug-likeness (QED) is 0.174. The Labute approximate surface area is 365 Å². The van der Waals surface area contributed by atoms with Gasteiger partial charge in [-0.25, -0.2) is 9.97 Å². The first kappa shape index (κ1) is 35.7. The van der Waals surface area contributed by atoms with Crippen LogP contribution in [0.5, 0.6) is 0 Å². The molecule has 0 unspecified atom stereocenters. The van der Waals surface area contributed by atoms with Crippen molar-refractivity contribution in [2.75, 3.05) is 0 Å². The third-order valence-corrected chi connectivity index (χ3v) is 13.6. The topological polar surface area (TPSA) is 35.6 Å². The summed E-state index contributed by atoms with van der Waals surface area (Å²) in [7, 11) is 0. The molecule has 0 saturated carbocycles. The standard InChI is InChI=1S/C59H40N4/c1-59(2)50-20-10-6-16-43(50)44-31-28-41(36-51(44)59)57-47-19-7-11-21-52(47)60-58(61-57)63-54-23-13-9-18-46(54)49-35-40(30-33-56(49)63)38-26-24-37(25-27-38)39-29-32-55-48(34-39)45-17-8-12-22-53(45)62(55)42-14-4-3-5-15-42/h3-36H,1-2H3. The van der Waals surface area contributed by atoms with Crippen LogP contribution in [0.4, 0.5) is 0 Å². The fourth-order valence-electron chi connectivity index (χ4n) is 10.5. The predicted octanol–water partition coefficient (Wildman–Crippen LogP) is 15.1. The van der Waals surface area contributed by atoms with Gasteiger partial charge in [0.25, 0.3) is 0 Å². The molecule has 63 heavy (non-hydrogen) atoms. The van der Waals surface area contributed by atoms with Crippen molar-refractivity contribution in [2.45, 2.75) is 19.3 Å². The Kier molecular flexibility index (Phi) is 7.62. The first-order chi connectivity index (χ1) is 31.0. The number of hydrogen-bond donors (Lipinski definition) is 0. The molecule has 1 aliphatic carbocycles. The monoisotopic (exact) mass is 804 g/mol. The van der Waals surface area contributed by atoms with Crippen LogP contribution in [0, 0.1) is 0 Å². The fourth-order valence-corrected chi connectivity index (χ4v) is 10.5. The Bertz CT molecular complexity index is 3810.